The molecule has 25 heavy (non-hydrogen) atoms. The number of Topliss-reactive ketones (excluding diaryl/α,β-unsaturated/α-hetero) is 1. The van der Waals surface area contributed by atoms with E-state index in [0.717, 1.165) is 0 Å². The number of halogens is 1. The van der Waals surface area contributed by atoms with E-state index in [1.165, 1.54) is 18.7 Å². The van der Waals surface area contributed by atoms with Crippen molar-refractivity contribution in [3.63, 3.8) is 0 Å². The second-order valence-electron chi connectivity index (χ2n) is 5.59. The Bertz CT molecular complexity index is 805. The minimum absolute atomic E-state index is 0.0696. The summed E-state index contributed by atoms with van der Waals surface area (Å²) in [4.78, 5) is 36.9. The second kappa shape index (κ2) is 8.44. The summed E-state index contributed by atoms with van der Waals surface area (Å²) in [7, 11) is 0. The van der Waals surface area contributed by atoms with Crippen molar-refractivity contribution < 1.29 is 14.4 Å². The summed E-state index contributed by atoms with van der Waals surface area (Å²) in [5.41, 5.74) is 1.73. The van der Waals surface area contributed by atoms with Crippen LogP contribution in [0.15, 0.2) is 48.5 Å². The Balaban J connectivity index is 2.01. The van der Waals surface area contributed by atoms with Gasteiger partial charge in [0, 0.05) is 41.9 Å². The fourth-order valence-corrected chi connectivity index (χ4v) is 2.55. The van der Waals surface area contributed by atoms with E-state index in [0.29, 0.717) is 22.0 Å². The Morgan fingerprint density at radius 3 is 2.40 bits per heavy atom. The molecule has 2 rings (SSSR count). The van der Waals surface area contributed by atoms with Gasteiger partial charge in [-0.15, -0.1) is 0 Å². The Labute approximate surface area is 151 Å². The van der Waals surface area contributed by atoms with Gasteiger partial charge >= 0.3 is 0 Å². The predicted octanol–water partition coefficient (Wildman–Crippen LogP) is 3.92. The van der Waals surface area contributed by atoms with Crippen molar-refractivity contribution >= 4 is 40.6 Å². The molecular weight excluding hydrogens is 340 g/mol. The van der Waals surface area contributed by atoms with Gasteiger partial charge in [-0.1, -0.05) is 29.8 Å². The van der Waals surface area contributed by atoms with Crippen LogP contribution < -0.4 is 10.2 Å². The van der Waals surface area contributed by atoms with E-state index in [1.807, 2.05) is 0 Å². The third-order valence-corrected chi connectivity index (χ3v) is 3.85. The summed E-state index contributed by atoms with van der Waals surface area (Å²) in [6.07, 6.45) is 0.121. The van der Waals surface area contributed by atoms with E-state index in [9.17, 15) is 14.4 Å². The highest BCUT2D eigenvalue weighted by Gasteiger charge is 2.14. The number of hydrogen-bond donors (Lipinski definition) is 1. The monoisotopic (exact) mass is 358 g/mol. The Morgan fingerprint density at radius 2 is 1.76 bits per heavy atom. The summed E-state index contributed by atoms with van der Waals surface area (Å²) >= 11 is 5.96. The van der Waals surface area contributed by atoms with Crippen molar-refractivity contribution in [2.45, 2.75) is 20.3 Å². The van der Waals surface area contributed by atoms with Gasteiger partial charge in [-0.05, 0) is 37.3 Å². The van der Waals surface area contributed by atoms with Crippen LogP contribution in [0.25, 0.3) is 0 Å². The highest BCUT2D eigenvalue weighted by Crippen LogP contribution is 2.20. The molecule has 0 atom stereocenters. The quantitative estimate of drug-likeness (QED) is 0.796. The molecule has 0 aliphatic carbocycles. The van der Waals surface area contributed by atoms with E-state index < -0.39 is 0 Å². The molecule has 0 spiro atoms. The number of nitrogens with one attached hydrogen (secondary N) is 1. The normalized spacial score (nSPS) is 10.2. The molecule has 5 nitrogen and oxygen atoms in total. The average molecular weight is 359 g/mol. The van der Waals surface area contributed by atoms with Gasteiger partial charge in [0.05, 0.1) is 0 Å². The lowest BCUT2D eigenvalue weighted by molar-refractivity contribution is -0.117. The molecule has 0 bridgehead atoms. The van der Waals surface area contributed by atoms with Crippen LogP contribution in [0, 0.1) is 0 Å². The van der Waals surface area contributed by atoms with Crippen LogP contribution in [0.1, 0.15) is 30.6 Å². The van der Waals surface area contributed by atoms with Crippen LogP contribution >= 0.6 is 11.6 Å². The van der Waals surface area contributed by atoms with Crippen molar-refractivity contribution in [1.29, 1.82) is 0 Å². The van der Waals surface area contributed by atoms with E-state index in [-0.39, 0.29) is 30.6 Å². The number of benzene rings is 2. The first-order valence-electron chi connectivity index (χ1n) is 7.81. The van der Waals surface area contributed by atoms with Crippen molar-refractivity contribution in [2.24, 2.45) is 0 Å². The molecule has 0 aliphatic heterocycles. The molecular formula is C19H19ClN2O3. The topological polar surface area (TPSA) is 66.5 Å². The van der Waals surface area contributed by atoms with Gasteiger partial charge in [0.2, 0.25) is 11.8 Å². The van der Waals surface area contributed by atoms with Gasteiger partial charge in [0.25, 0.3) is 0 Å². The fourth-order valence-electron chi connectivity index (χ4n) is 2.37. The van der Waals surface area contributed by atoms with E-state index in [1.54, 1.807) is 48.5 Å². The van der Waals surface area contributed by atoms with Crippen LogP contribution in [0.4, 0.5) is 11.4 Å². The Hall–Kier alpha value is -2.66. The molecule has 0 unspecified atom stereocenters. The third-order valence-electron chi connectivity index (χ3n) is 3.62. The van der Waals surface area contributed by atoms with Gasteiger partial charge in [-0.2, -0.15) is 0 Å². The van der Waals surface area contributed by atoms with Crippen LogP contribution in [0.5, 0.6) is 0 Å². The first kappa shape index (κ1) is 18.7. The van der Waals surface area contributed by atoms with E-state index >= 15 is 0 Å². The first-order chi connectivity index (χ1) is 11.9. The Morgan fingerprint density at radius 1 is 1.04 bits per heavy atom. The number of anilines is 2. The SMILES string of the molecule is CC(=O)c1cccc(NC(=O)CCN(C(C)=O)c2cccc(Cl)c2)c1. The number of carbonyl (C=O) groups excluding carboxylic acids is 3. The molecule has 0 fully saturated rings. The highest BCUT2D eigenvalue weighted by molar-refractivity contribution is 6.30. The summed E-state index contributed by atoms with van der Waals surface area (Å²) < 4.78 is 0. The minimum Gasteiger partial charge on any atom is -0.326 e. The van der Waals surface area contributed by atoms with Crippen molar-refractivity contribution in [3.05, 3.63) is 59.1 Å². The zero-order valence-corrected chi connectivity index (χ0v) is 14.8. The molecule has 1 N–H and O–H groups in total. The number of rotatable bonds is 6. The minimum atomic E-state index is -0.242. The fraction of sp³-hybridized carbons (Fsp3) is 0.211. The average Bonchev–Trinajstić information content (AvgIpc) is 2.55. The lowest BCUT2D eigenvalue weighted by Gasteiger charge is -2.21. The van der Waals surface area contributed by atoms with E-state index in [4.69, 9.17) is 11.6 Å². The van der Waals surface area contributed by atoms with Crippen LogP contribution in [0.3, 0.4) is 0 Å². The standard InChI is InChI=1S/C19H19ClN2O3/c1-13(23)15-5-3-7-17(11-15)21-19(25)9-10-22(14(2)24)18-8-4-6-16(20)12-18/h3-8,11-12H,9-10H2,1-2H3,(H,21,25). The maximum Gasteiger partial charge on any atom is 0.226 e. The van der Waals surface area contributed by atoms with Crippen LogP contribution in [-0.2, 0) is 9.59 Å². The second-order valence-corrected chi connectivity index (χ2v) is 6.02. The largest absolute Gasteiger partial charge is 0.326 e. The number of ketones is 1. The summed E-state index contributed by atoms with van der Waals surface area (Å²) in [6.45, 7) is 3.14. The predicted molar refractivity (Wildman–Crippen MR) is 99.2 cm³/mol. The molecule has 0 saturated carbocycles. The number of amides is 2. The molecule has 0 saturated heterocycles. The van der Waals surface area contributed by atoms with Crippen molar-refractivity contribution in [2.75, 3.05) is 16.8 Å². The zero-order valence-electron chi connectivity index (χ0n) is 14.1. The van der Waals surface area contributed by atoms with Gasteiger partial charge in [-0.3, -0.25) is 14.4 Å². The van der Waals surface area contributed by atoms with Gasteiger partial charge in [0.1, 0.15) is 0 Å². The Kier molecular flexibility index (Phi) is 6.31. The lowest BCUT2D eigenvalue weighted by Crippen LogP contribution is -2.31. The molecule has 2 aromatic carbocycles. The molecule has 130 valence electrons. The van der Waals surface area contributed by atoms with Crippen molar-refractivity contribution in [1.82, 2.24) is 0 Å². The third kappa shape index (κ3) is 5.43. The molecule has 0 aliphatic rings. The maximum atomic E-state index is 12.2. The number of carbonyl (C=O) groups is 3. The van der Waals surface area contributed by atoms with Crippen molar-refractivity contribution in [3.8, 4) is 0 Å². The number of hydrogen-bond acceptors (Lipinski definition) is 3. The van der Waals surface area contributed by atoms with Gasteiger partial charge < -0.3 is 10.2 Å². The molecule has 0 radical (unpaired) electrons. The smallest absolute Gasteiger partial charge is 0.226 e. The number of nitrogens with zero attached hydrogens (tertiary/aromatic N) is 1. The molecule has 2 aromatic rings. The molecule has 0 heterocycles. The van der Waals surface area contributed by atoms with Crippen LogP contribution in [0.2, 0.25) is 5.02 Å². The maximum absolute atomic E-state index is 12.2. The summed E-state index contributed by atoms with van der Waals surface area (Å²) in [6, 6.07) is 13.6. The first-order valence-corrected chi connectivity index (χ1v) is 8.19. The van der Waals surface area contributed by atoms with Gasteiger partial charge in [-0.25, -0.2) is 0 Å². The lowest BCUT2D eigenvalue weighted by atomic mass is 10.1. The zero-order chi connectivity index (χ0) is 18.4. The van der Waals surface area contributed by atoms with Crippen LogP contribution in [-0.4, -0.2) is 24.1 Å². The van der Waals surface area contributed by atoms with E-state index in [2.05, 4.69) is 5.32 Å². The molecule has 6 heteroatoms. The summed E-state index contributed by atoms with van der Waals surface area (Å²) in [5.74, 6) is -0.484. The molecule has 0 aromatic heterocycles. The molecule has 2 amide bonds. The van der Waals surface area contributed by atoms with Gasteiger partial charge in [0.15, 0.2) is 5.78 Å². The summed E-state index contributed by atoms with van der Waals surface area (Å²) in [5, 5.41) is 3.26. The highest BCUT2D eigenvalue weighted by atomic mass is 35.5.